The Bertz CT molecular complexity index is 390. The molecule has 0 aliphatic carbocycles. The lowest BCUT2D eigenvalue weighted by atomic mass is 10.0. The first-order valence-electron chi connectivity index (χ1n) is 7.93. The Morgan fingerprint density at radius 2 is 2.10 bits per heavy atom. The molecule has 2 unspecified atom stereocenters. The molecule has 0 saturated carbocycles. The van der Waals surface area contributed by atoms with Crippen LogP contribution in [0.2, 0.25) is 5.02 Å². The molecule has 0 amide bonds. The molecular weight excluding hydrogens is 268 g/mol. The monoisotopic (exact) mass is 294 g/mol. The van der Waals surface area contributed by atoms with Gasteiger partial charge >= 0.3 is 0 Å². The number of hydrogen-bond acceptors (Lipinski definition) is 2. The smallest absolute Gasteiger partial charge is 0.0406 e. The van der Waals surface area contributed by atoms with Crippen LogP contribution in [0, 0.1) is 0 Å². The fraction of sp³-hybridized carbons (Fsp3) is 0.647. The number of hydrogen-bond donors (Lipinski definition) is 1. The first-order chi connectivity index (χ1) is 9.70. The van der Waals surface area contributed by atoms with Gasteiger partial charge in [-0.25, -0.2) is 0 Å². The van der Waals surface area contributed by atoms with Gasteiger partial charge in [-0.3, -0.25) is 0 Å². The van der Waals surface area contributed by atoms with Crippen LogP contribution in [0.15, 0.2) is 24.3 Å². The standard InChI is InChI=1S/C17H27ClN2/c1-3-11-19-17(15-6-8-16(18)9-7-15)10-13-20-12-4-5-14(20)2/h6-9,14,17,19H,3-5,10-13H2,1-2H3. The summed E-state index contributed by atoms with van der Waals surface area (Å²) in [5.74, 6) is 0. The first-order valence-corrected chi connectivity index (χ1v) is 8.31. The van der Waals surface area contributed by atoms with Crippen LogP contribution in [-0.4, -0.2) is 30.6 Å². The number of halogens is 1. The van der Waals surface area contributed by atoms with Crippen molar-refractivity contribution in [2.45, 2.75) is 51.6 Å². The van der Waals surface area contributed by atoms with Crippen molar-refractivity contribution in [3.05, 3.63) is 34.9 Å². The highest BCUT2D eigenvalue weighted by molar-refractivity contribution is 6.30. The lowest BCUT2D eigenvalue weighted by molar-refractivity contribution is 0.251. The second kappa shape index (κ2) is 8.02. The Labute approximate surface area is 128 Å². The van der Waals surface area contributed by atoms with Crippen LogP contribution < -0.4 is 5.32 Å². The van der Waals surface area contributed by atoms with Gasteiger partial charge in [-0.2, -0.15) is 0 Å². The van der Waals surface area contributed by atoms with Crippen LogP contribution in [-0.2, 0) is 0 Å². The van der Waals surface area contributed by atoms with Crippen molar-refractivity contribution in [2.75, 3.05) is 19.6 Å². The van der Waals surface area contributed by atoms with Crippen LogP contribution >= 0.6 is 11.6 Å². The van der Waals surface area contributed by atoms with Crippen molar-refractivity contribution in [1.82, 2.24) is 10.2 Å². The molecule has 0 bridgehead atoms. The highest BCUT2D eigenvalue weighted by Crippen LogP contribution is 2.22. The molecule has 1 aliphatic heterocycles. The summed E-state index contributed by atoms with van der Waals surface area (Å²) in [6.45, 7) is 8.09. The highest BCUT2D eigenvalue weighted by Gasteiger charge is 2.21. The van der Waals surface area contributed by atoms with E-state index in [9.17, 15) is 0 Å². The van der Waals surface area contributed by atoms with Gasteiger partial charge in [0.05, 0.1) is 0 Å². The van der Waals surface area contributed by atoms with Crippen molar-refractivity contribution < 1.29 is 0 Å². The minimum Gasteiger partial charge on any atom is -0.310 e. The van der Waals surface area contributed by atoms with E-state index >= 15 is 0 Å². The molecule has 2 rings (SSSR count). The average Bonchev–Trinajstić information content (AvgIpc) is 2.86. The molecule has 0 aromatic heterocycles. The molecule has 0 spiro atoms. The van der Waals surface area contributed by atoms with Gasteiger partial charge in [-0.05, 0) is 63.4 Å². The zero-order valence-electron chi connectivity index (χ0n) is 12.7. The highest BCUT2D eigenvalue weighted by atomic mass is 35.5. The number of nitrogens with one attached hydrogen (secondary N) is 1. The molecule has 1 aromatic carbocycles. The Kier molecular flexibility index (Phi) is 6.34. The summed E-state index contributed by atoms with van der Waals surface area (Å²) < 4.78 is 0. The maximum atomic E-state index is 5.99. The Balaban J connectivity index is 1.94. The predicted octanol–water partition coefficient (Wildman–Crippen LogP) is 4.26. The SMILES string of the molecule is CCCNC(CCN1CCCC1C)c1ccc(Cl)cc1. The molecule has 1 heterocycles. The van der Waals surface area contributed by atoms with Gasteiger partial charge in [-0.1, -0.05) is 30.7 Å². The second-order valence-corrected chi connectivity index (χ2v) is 6.31. The lowest BCUT2D eigenvalue weighted by Gasteiger charge is -2.25. The van der Waals surface area contributed by atoms with E-state index in [1.807, 2.05) is 12.1 Å². The van der Waals surface area contributed by atoms with Gasteiger partial charge in [0.15, 0.2) is 0 Å². The average molecular weight is 295 g/mol. The minimum atomic E-state index is 0.444. The van der Waals surface area contributed by atoms with Gasteiger partial charge in [0.1, 0.15) is 0 Å². The number of benzene rings is 1. The van der Waals surface area contributed by atoms with Gasteiger partial charge < -0.3 is 10.2 Å². The molecule has 1 N–H and O–H groups in total. The van der Waals surface area contributed by atoms with Gasteiger partial charge in [0, 0.05) is 23.7 Å². The molecule has 1 aliphatic rings. The Hall–Kier alpha value is -0.570. The van der Waals surface area contributed by atoms with E-state index in [1.54, 1.807) is 0 Å². The Morgan fingerprint density at radius 3 is 2.70 bits per heavy atom. The third-order valence-corrected chi connectivity index (χ3v) is 4.56. The zero-order valence-corrected chi connectivity index (χ0v) is 13.5. The molecule has 112 valence electrons. The van der Waals surface area contributed by atoms with E-state index in [0.717, 1.165) is 17.6 Å². The maximum absolute atomic E-state index is 5.99. The molecule has 1 fully saturated rings. The van der Waals surface area contributed by atoms with Crippen LogP contribution in [0.3, 0.4) is 0 Å². The molecular formula is C17H27ClN2. The van der Waals surface area contributed by atoms with Gasteiger partial charge in [0.25, 0.3) is 0 Å². The van der Waals surface area contributed by atoms with E-state index in [1.165, 1.54) is 44.3 Å². The summed E-state index contributed by atoms with van der Waals surface area (Å²) in [5.41, 5.74) is 1.36. The molecule has 1 saturated heterocycles. The third-order valence-electron chi connectivity index (χ3n) is 4.31. The summed E-state index contributed by atoms with van der Waals surface area (Å²) in [6, 6.07) is 9.50. The normalized spacial score (nSPS) is 21.2. The molecule has 2 atom stereocenters. The molecule has 0 radical (unpaired) electrons. The summed E-state index contributed by atoms with van der Waals surface area (Å²) in [6.07, 6.45) is 5.05. The fourth-order valence-electron chi connectivity index (χ4n) is 3.02. The van der Waals surface area contributed by atoms with Crippen LogP contribution in [0.25, 0.3) is 0 Å². The number of nitrogens with zero attached hydrogens (tertiary/aromatic N) is 1. The summed E-state index contributed by atoms with van der Waals surface area (Å²) in [5, 5.41) is 4.49. The maximum Gasteiger partial charge on any atom is 0.0406 e. The van der Waals surface area contributed by atoms with Crippen LogP contribution in [0.4, 0.5) is 0 Å². The quantitative estimate of drug-likeness (QED) is 0.808. The zero-order chi connectivity index (χ0) is 14.4. The topological polar surface area (TPSA) is 15.3 Å². The van der Waals surface area contributed by atoms with Crippen molar-refractivity contribution in [1.29, 1.82) is 0 Å². The van der Waals surface area contributed by atoms with E-state index in [0.29, 0.717) is 6.04 Å². The molecule has 3 heteroatoms. The second-order valence-electron chi connectivity index (χ2n) is 5.87. The summed E-state index contributed by atoms with van der Waals surface area (Å²) >= 11 is 5.99. The minimum absolute atomic E-state index is 0.444. The number of likely N-dealkylation sites (tertiary alicyclic amines) is 1. The molecule has 2 nitrogen and oxygen atoms in total. The largest absolute Gasteiger partial charge is 0.310 e. The number of rotatable bonds is 7. The molecule has 20 heavy (non-hydrogen) atoms. The van der Waals surface area contributed by atoms with Crippen molar-refractivity contribution >= 4 is 11.6 Å². The third kappa shape index (κ3) is 4.47. The summed E-state index contributed by atoms with van der Waals surface area (Å²) in [7, 11) is 0. The Morgan fingerprint density at radius 1 is 1.35 bits per heavy atom. The predicted molar refractivity (Wildman–Crippen MR) is 87.4 cm³/mol. The van der Waals surface area contributed by atoms with E-state index < -0.39 is 0 Å². The van der Waals surface area contributed by atoms with Crippen molar-refractivity contribution in [3.8, 4) is 0 Å². The van der Waals surface area contributed by atoms with Crippen LogP contribution in [0.5, 0.6) is 0 Å². The molecule has 1 aromatic rings. The van der Waals surface area contributed by atoms with E-state index in [-0.39, 0.29) is 0 Å². The van der Waals surface area contributed by atoms with Crippen LogP contribution in [0.1, 0.15) is 51.1 Å². The first kappa shape index (κ1) is 15.8. The van der Waals surface area contributed by atoms with Gasteiger partial charge in [-0.15, -0.1) is 0 Å². The summed E-state index contributed by atoms with van der Waals surface area (Å²) in [4.78, 5) is 2.62. The van der Waals surface area contributed by atoms with Crippen molar-refractivity contribution in [3.63, 3.8) is 0 Å². The lowest BCUT2D eigenvalue weighted by Crippen LogP contribution is -2.32. The van der Waals surface area contributed by atoms with E-state index in [4.69, 9.17) is 11.6 Å². The van der Waals surface area contributed by atoms with Crippen molar-refractivity contribution in [2.24, 2.45) is 0 Å². The van der Waals surface area contributed by atoms with E-state index in [2.05, 4.69) is 36.2 Å². The fourth-order valence-corrected chi connectivity index (χ4v) is 3.15. The van der Waals surface area contributed by atoms with Gasteiger partial charge in [0.2, 0.25) is 0 Å².